The van der Waals surface area contributed by atoms with Gasteiger partial charge in [-0.15, -0.1) is 0 Å². The highest BCUT2D eigenvalue weighted by atomic mass is 28.4. The number of halogens is 2. The first kappa shape index (κ1) is 36.4. The molecular formula is C34H58F2N2O2Si2. The van der Waals surface area contributed by atoms with Crippen LogP contribution in [0.3, 0.4) is 0 Å². The average Bonchev–Trinajstić information content (AvgIpc) is 2.92. The molecule has 0 saturated heterocycles. The van der Waals surface area contributed by atoms with Gasteiger partial charge in [0.2, 0.25) is 5.82 Å². The second-order valence-corrected chi connectivity index (χ2v) is 25.3. The summed E-state index contributed by atoms with van der Waals surface area (Å²) in [7, 11) is -2.01. The van der Waals surface area contributed by atoms with Gasteiger partial charge in [-0.2, -0.15) is 4.39 Å². The van der Waals surface area contributed by atoms with Crippen LogP contribution < -0.4 is 9.47 Å². The number of hydrogen-bond donors (Lipinski definition) is 0. The number of unbranched alkanes of at least 4 members (excludes halogenated alkanes) is 12. The molecule has 1 aromatic carbocycles. The molecule has 2 rings (SSSR count). The third-order valence-corrected chi connectivity index (χ3v) is 17.5. The fourth-order valence-electron chi connectivity index (χ4n) is 5.89. The molecule has 1 aromatic heterocycles. The molecule has 42 heavy (non-hydrogen) atoms. The van der Waals surface area contributed by atoms with E-state index in [9.17, 15) is 8.78 Å². The van der Waals surface area contributed by atoms with E-state index in [1.54, 1.807) is 0 Å². The van der Waals surface area contributed by atoms with Crippen LogP contribution in [-0.2, 0) is 0 Å². The van der Waals surface area contributed by atoms with E-state index in [2.05, 4.69) is 49.6 Å². The second-order valence-electron chi connectivity index (χ2n) is 13.9. The lowest BCUT2D eigenvalue weighted by atomic mass is 10.1. The van der Waals surface area contributed by atoms with Gasteiger partial charge in [0.15, 0.2) is 23.1 Å². The van der Waals surface area contributed by atoms with E-state index >= 15 is 0 Å². The summed E-state index contributed by atoms with van der Waals surface area (Å²) in [5.74, 6) is -1.37. The van der Waals surface area contributed by atoms with E-state index in [1.165, 1.54) is 94.0 Å². The van der Waals surface area contributed by atoms with E-state index in [1.807, 2.05) is 0 Å². The molecule has 0 bridgehead atoms. The van der Waals surface area contributed by atoms with Crippen molar-refractivity contribution in [2.75, 3.05) is 13.2 Å². The van der Waals surface area contributed by atoms with Gasteiger partial charge in [0, 0.05) is 16.1 Å². The number of hydrogen-bond acceptors (Lipinski definition) is 4. The molecule has 0 fully saturated rings. The predicted octanol–water partition coefficient (Wildman–Crippen LogP) is 11.2. The van der Waals surface area contributed by atoms with Gasteiger partial charge in [0.1, 0.15) is 0 Å². The van der Waals surface area contributed by atoms with E-state index in [0.29, 0.717) is 19.0 Å². The fraction of sp³-hybridized carbons (Fsp3) is 0.706. The molecule has 0 amide bonds. The zero-order valence-electron chi connectivity index (χ0n) is 27.5. The van der Waals surface area contributed by atoms with Crippen molar-refractivity contribution >= 4 is 16.1 Å². The molecule has 8 heteroatoms. The third kappa shape index (κ3) is 15.1. The first-order valence-electron chi connectivity index (χ1n) is 16.6. The summed E-state index contributed by atoms with van der Waals surface area (Å²) in [4.78, 5) is 8.41. The molecule has 0 aliphatic carbocycles. The minimum atomic E-state index is -1.05. The number of benzene rings is 1. The Balaban J connectivity index is 1.65. The van der Waals surface area contributed by atoms with Crippen LogP contribution in [0.5, 0.6) is 11.5 Å². The Labute approximate surface area is 257 Å². The van der Waals surface area contributed by atoms with Crippen molar-refractivity contribution in [3.8, 4) is 22.9 Å². The lowest BCUT2D eigenvalue weighted by Gasteiger charge is -2.29. The van der Waals surface area contributed by atoms with Gasteiger partial charge < -0.3 is 9.47 Å². The van der Waals surface area contributed by atoms with Crippen LogP contribution in [0.15, 0.2) is 24.5 Å². The molecule has 238 valence electrons. The molecule has 0 radical (unpaired) electrons. The molecule has 0 aliphatic heterocycles. The van der Waals surface area contributed by atoms with Crippen molar-refractivity contribution in [3.05, 3.63) is 36.2 Å². The maximum Gasteiger partial charge on any atom is 0.201 e. The van der Waals surface area contributed by atoms with Crippen LogP contribution in [0.25, 0.3) is 11.4 Å². The average molecular weight is 621 g/mol. The van der Waals surface area contributed by atoms with Crippen LogP contribution in [0.4, 0.5) is 8.78 Å². The van der Waals surface area contributed by atoms with Crippen molar-refractivity contribution in [3.63, 3.8) is 0 Å². The molecule has 1 heterocycles. The summed E-state index contributed by atoms with van der Waals surface area (Å²) >= 11 is 0. The Morgan fingerprint density at radius 1 is 0.643 bits per heavy atom. The largest absolute Gasteiger partial charge is 0.490 e. The van der Waals surface area contributed by atoms with Gasteiger partial charge >= 0.3 is 0 Å². The monoisotopic (exact) mass is 620 g/mol. The molecule has 0 aliphatic rings. The van der Waals surface area contributed by atoms with Gasteiger partial charge in [0.25, 0.3) is 0 Å². The summed E-state index contributed by atoms with van der Waals surface area (Å²) in [6.45, 7) is 15.8. The van der Waals surface area contributed by atoms with Crippen molar-refractivity contribution in [2.45, 2.75) is 141 Å². The lowest BCUT2D eigenvalue weighted by Crippen LogP contribution is -2.37. The van der Waals surface area contributed by atoms with Crippen molar-refractivity contribution in [1.29, 1.82) is 0 Å². The van der Waals surface area contributed by atoms with Crippen molar-refractivity contribution in [2.24, 2.45) is 0 Å². The summed E-state index contributed by atoms with van der Waals surface area (Å²) in [6, 6.07) is 4.39. The third-order valence-electron chi connectivity index (χ3n) is 7.70. The smallest absolute Gasteiger partial charge is 0.201 e. The quantitative estimate of drug-likeness (QED) is 0.0915. The standard InChI is InChI=1S/C34H58F2N2O2Si2/c1-7-8-9-10-11-12-15-18-23-39-29-26-37-34(38-27-29)30-21-22-31(33(36)32(30)35)40-24-19-16-13-14-17-20-25-42(5,6)28-41(2,3)4/h21-22,26-27H,7-20,23-25,28H2,1-6H3. The van der Waals surface area contributed by atoms with Crippen LogP contribution in [-0.4, -0.2) is 39.3 Å². The highest BCUT2D eigenvalue weighted by Gasteiger charge is 2.27. The minimum absolute atomic E-state index is 0.0190. The van der Waals surface area contributed by atoms with Crippen molar-refractivity contribution < 1.29 is 18.3 Å². The molecule has 0 N–H and O–H groups in total. The van der Waals surface area contributed by atoms with Crippen LogP contribution in [0.2, 0.25) is 44.4 Å². The zero-order valence-corrected chi connectivity index (χ0v) is 29.5. The lowest BCUT2D eigenvalue weighted by molar-refractivity contribution is 0.285. The van der Waals surface area contributed by atoms with Crippen LogP contribution >= 0.6 is 0 Å². The first-order valence-corrected chi connectivity index (χ1v) is 23.7. The maximum absolute atomic E-state index is 14.8. The topological polar surface area (TPSA) is 44.2 Å². The predicted molar refractivity (Wildman–Crippen MR) is 179 cm³/mol. The Morgan fingerprint density at radius 2 is 1.17 bits per heavy atom. The summed E-state index contributed by atoms with van der Waals surface area (Å²) in [5, 5.41) is 0. The Kier molecular flexibility index (Phi) is 16.9. The van der Waals surface area contributed by atoms with Crippen molar-refractivity contribution in [1.82, 2.24) is 9.97 Å². The normalized spacial score (nSPS) is 12.1. The van der Waals surface area contributed by atoms with E-state index in [-0.39, 0.29) is 17.1 Å². The summed E-state index contributed by atoms with van der Waals surface area (Å²) < 4.78 is 40.9. The molecule has 0 saturated carbocycles. The van der Waals surface area contributed by atoms with E-state index < -0.39 is 27.8 Å². The Bertz CT molecular complexity index is 1010. The minimum Gasteiger partial charge on any atom is -0.490 e. The number of rotatable bonds is 23. The highest BCUT2D eigenvalue weighted by Crippen LogP contribution is 2.29. The maximum atomic E-state index is 14.8. The van der Waals surface area contributed by atoms with Gasteiger partial charge in [-0.25, -0.2) is 14.4 Å². The van der Waals surface area contributed by atoms with E-state index in [4.69, 9.17) is 9.47 Å². The van der Waals surface area contributed by atoms with Gasteiger partial charge in [-0.3, -0.25) is 0 Å². The van der Waals surface area contributed by atoms with Gasteiger partial charge in [0.05, 0.1) is 31.2 Å². The van der Waals surface area contributed by atoms with Crippen LogP contribution in [0.1, 0.15) is 96.8 Å². The molecular weight excluding hydrogens is 563 g/mol. The summed E-state index contributed by atoms with van der Waals surface area (Å²) in [5.41, 5.74) is 1.54. The number of aromatic nitrogens is 2. The zero-order chi connectivity index (χ0) is 30.8. The fourth-order valence-corrected chi connectivity index (χ4v) is 19.3. The molecule has 0 unspecified atom stereocenters. The molecule has 0 atom stereocenters. The Morgan fingerprint density at radius 3 is 1.74 bits per heavy atom. The summed E-state index contributed by atoms with van der Waals surface area (Å²) in [6.07, 6.45) is 19.8. The van der Waals surface area contributed by atoms with Gasteiger partial charge in [-0.05, 0) is 25.0 Å². The molecule has 4 nitrogen and oxygen atoms in total. The van der Waals surface area contributed by atoms with E-state index in [0.717, 1.165) is 32.1 Å². The Hall–Kier alpha value is -1.81. The van der Waals surface area contributed by atoms with Crippen LogP contribution in [0, 0.1) is 11.6 Å². The molecule has 0 spiro atoms. The highest BCUT2D eigenvalue weighted by molar-refractivity contribution is 6.94. The number of ether oxygens (including phenoxy) is 2. The molecule has 2 aromatic rings. The van der Waals surface area contributed by atoms with Gasteiger partial charge in [-0.1, -0.05) is 128 Å². The first-order chi connectivity index (χ1) is 20.0. The second kappa shape index (κ2) is 19.5. The number of nitrogens with zero attached hydrogens (tertiary/aromatic N) is 2. The SMILES string of the molecule is CCCCCCCCCCOc1cnc(-c2ccc(OCCCCCCCC[Si](C)(C)C[Si](C)(C)C)c(F)c2F)nc1.